The predicted molar refractivity (Wildman–Crippen MR) is 62.8 cm³/mol. The summed E-state index contributed by atoms with van der Waals surface area (Å²) in [6.45, 7) is 2.03. The number of hydrogen-bond acceptors (Lipinski definition) is 2. The zero-order valence-electron chi connectivity index (χ0n) is 8.64. The largest absolute Gasteiger partial charge is 0.232 e. The third-order valence-corrected chi connectivity index (χ3v) is 3.51. The first-order valence-electron chi connectivity index (χ1n) is 5.05. The minimum Gasteiger partial charge on any atom is -0.232 e. The molecule has 3 heteroatoms. The van der Waals surface area contributed by atoms with E-state index in [9.17, 15) is 8.42 Å². The maximum Gasteiger partial charge on any atom is 0.140 e. The summed E-state index contributed by atoms with van der Waals surface area (Å²) < 4.78 is 21.6. The van der Waals surface area contributed by atoms with Gasteiger partial charge in [0.1, 0.15) is 10.7 Å². The van der Waals surface area contributed by atoms with Gasteiger partial charge in [-0.15, -0.1) is 0 Å². The van der Waals surface area contributed by atoms with E-state index in [1.165, 1.54) is 11.1 Å². The van der Waals surface area contributed by atoms with Crippen LogP contribution in [0.3, 0.4) is 0 Å². The minimum atomic E-state index is -2.29. The maximum atomic E-state index is 10.8. The van der Waals surface area contributed by atoms with E-state index in [4.69, 9.17) is 0 Å². The van der Waals surface area contributed by atoms with Crippen molar-refractivity contribution in [2.24, 2.45) is 0 Å². The van der Waals surface area contributed by atoms with Gasteiger partial charge in [0.15, 0.2) is 0 Å². The molecule has 0 fully saturated rings. The average Bonchev–Trinajstić information content (AvgIpc) is 2.18. The molecule has 1 aliphatic rings. The Labute approximate surface area is 91.6 Å². The standard InChI is InChI=1S/C12H14O2S/c1-9-5-6-10-3-2-4-11(8-15(13)14)12(10)7-9/h2-3,5-7,11,15H,4,8H2,1H3. The van der Waals surface area contributed by atoms with E-state index in [0.717, 1.165) is 12.0 Å². The zero-order valence-corrected chi connectivity index (χ0v) is 9.54. The predicted octanol–water partition coefficient (Wildman–Crippen LogP) is 2.11. The van der Waals surface area contributed by atoms with E-state index in [2.05, 4.69) is 30.4 Å². The fourth-order valence-electron chi connectivity index (χ4n) is 2.04. The Morgan fingerprint density at radius 1 is 1.40 bits per heavy atom. The summed E-state index contributed by atoms with van der Waals surface area (Å²) in [5, 5.41) is 0. The van der Waals surface area contributed by atoms with Gasteiger partial charge < -0.3 is 0 Å². The Morgan fingerprint density at radius 3 is 2.93 bits per heavy atom. The molecule has 15 heavy (non-hydrogen) atoms. The number of aryl methyl sites for hydroxylation is 1. The smallest absolute Gasteiger partial charge is 0.140 e. The van der Waals surface area contributed by atoms with Gasteiger partial charge in [-0.25, -0.2) is 8.42 Å². The highest BCUT2D eigenvalue weighted by atomic mass is 32.2. The van der Waals surface area contributed by atoms with E-state index in [-0.39, 0.29) is 11.7 Å². The van der Waals surface area contributed by atoms with Crippen LogP contribution in [0.2, 0.25) is 0 Å². The fourth-order valence-corrected chi connectivity index (χ4v) is 2.74. The Kier molecular flexibility index (Phi) is 2.91. The summed E-state index contributed by atoms with van der Waals surface area (Å²) in [6, 6.07) is 6.22. The van der Waals surface area contributed by atoms with Crippen LogP contribution < -0.4 is 0 Å². The van der Waals surface area contributed by atoms with Crippen LogP contribution in [0.15, 0.2) is 24.3 Å². The molecule has 1 aromatic rings. The van der Waals surface area contributed by atoms with E-state index in [1.54, 1.807) is 0 Å². The summed E-state index contributed by atoms with van der Waals surface area (Å²) in [5.74, 6) is 0.405. The van der Waals surface area contributed by atoms with Crippen molar-refractivity contribution >= 4 is 16.8 Å². The molecule has 0 spiro atoms. The van der Waals surface area contributed by atoms with Crippen molar-refractivity contribution in [2.75, 3.05) is 5.75 Å². The van der Waals surface area contributed by atoms with Gasteiger partial charge in [-0.1, -0.05) is 35.9 Å². The minimum absolute atomic E-state index is 0.144. The molecule has 1 aromatic carbocycles. The molecule has 0 aliphatic heterocycles. The molecular formula is C12H14O2S. The second-order valence-corrected chi connectivity index (χ2v) is 5.01. The van der Waals surface area contributed by atoms with E-state index in [0.29, 0.717) is 0 Å². The second kappa shape index (κ2) is 4.19. The third kappa shape index (κ3) is 2.29. The van der Waals surface area contributed by atoms with Gasteiger partial charge >= 0.3 is 0 Å². The molecule has 2 nitrogen and oxygen atoms in total. The summed E-state index contributed by atoms with van der Waals surface area (Å²) in [4.78, 5) is 0. The molecule has 0 bridgehead atoms. The molecule has 0 N–H and O–H groups in total. The van der Waals surface area contributed by atoms with Gasteiger partial charge in [-0.3, -0.25) is 0 Å². The first-order valence-corrected chi connectivity index (χ1v) is 6.42. The third-order valence-electron chi connectivity index (χ3n) is 2.77. The molecule has 1 atom stereocenters. The lowest BCUT2D eigenvalue weighted by molar-refractivity contribution is 0.606. The van der Waals surface area contributed by atoms with Crippen molar-refractivity contribution in [3.63, 3.8) is 0 Å². The molecule has 1 aliphatic carbocycles. The lowest BCUT2D eigenvalue weighted by atomic mass is 9.87. The SMILES string of the molecule is Cc1ccc2c(c1)C(C[SH](=O)=O)CC=C2. The summed E-state index contributed by atoms with van der Waals surface area (Å²) in [7, 11) is -2.29. The number of rotatable bonds is 2. The second-order valence-electron chi connectivity index (χ2n) is 3.98. The highest BCUT2D eigenvalue weighted by Gasteiger charge is 2.17. The van der Waals surface area contributed by atoms with Gasteiger partial charge in [0.05, 0.1) is 5.75 Å². The van der Waals surface area contributed by atoms with E-state index < -0.39 is 10.7 Å². The van der Waals surface area contributed by atoms with Crippen molar-refractivity contribution in [3.8, 4) is 0 Å². The van der Waals surface area contributed by atoms with Crippen LogP contribution >= 0.6 is 0 Å². The van der Waals surface area contributed by atoms with Crippen LogP contribution in [0.4, 0.5) is 0 Å². The molecule has 0 amide bonds. The maximum absolute atomic E-state index is 10.8. The molecule has 0 aromatic heterocycles. The highest BCUT2D eigenvalue weighted by molar-refractivity contribution is 7.72. The summed E-state index contributed by atoms with van der Waals surface area (Å²) >= 11 is 0. The molecule has 0 radical (unpaired) electrons. The van der Waals surface area contributed by atoms with Gasteiger partial charge in [-0.2, -0.15) is 0 Å². The normalized spacial score (nSPS) is 19.2. The van der Waals surface area contributed by atoms with E-state index in [1.807, 2.05) is 6.92 Å². The molecule has 2 rings (SSSR count). The summed E-state index contributed by atoms with van der Waals surface area (Å²) in [6.07, 6.45) is 4.96. The van der Waals surface area contributed by atoms with Gasteiger partial charge in [0.25, 0.3) is 0 Å². The number of allylic oxidation sites excluding steroid dienone is 1. The van der Waals surface area contributed by atoms with Crippen LogP contribution in [0.1, 0.15) is 29.0 Å². The quantitative estimate of drug-likeness (QED) is 0.778. The van der Waals surface area contributed by atoms with Gasteiger partial charge in [-0.05, 0) is 24.5 Å². The topological polar surface area (TPSA) is 34.1 Å². The molecular weight excluding hydrogens is 208 g/mol. The average molecular weight is 222 g/mol. The zero-order chi connectivity index (χ0) is 10.8. The van der Waals surface area contributed by atoms with Crippen LogP contribution in [-0.2, 0) is 10.7 Å². The van der Waals surface area contributed by atoms with Crippen LogP contribution in [0.5, 0.6) is 0 Å². The number of hydrogen-bond donors (Lipinski definition) is 1. The lowest BCUT2D eigenvalue weighted by Gasteiger charge is -2.20. The highest BCUT2D eigenvalue weighted by Crippen LogP contribution is 2.30. The Hall–Kier alpha value is -1.09. The number of thiol groups is 1. The monoisotopic (exact) mass is 222 g/mol. The van der Waals surface area contributed by atoms with E-state index >= 15 is 0 Å². The molecule has 80 valence electrons. The number of benzene rings is 1. The number of fused-ring (bicyclic) bond motifs is 1. The molecule has 0 saturated carbocycles. The van der Waals surface area contributed by atoms with Crippen molar-refractivity contribution in [1.29, 1.82) is 0 Å². The Morgan fingerprint density at radius 2 is 2.20 bits per heavy atom. The first-order chi connectivity index (χ1) is 7.16. The van der Waals surface area contributed by atoms with Gasteiger partial charge in [0, 0.05) is 5.92 Å². The fraction of sp³-hybridized carbons (Fsp3) is 0.333. The van der Waals surface area contributed by atoms with Gasteiger partial charge in [0.2, 0.25) is 0 Å². The summed E-state index contributed by atoms with van der Waals surface area (Å²) in [5.41, 5.74) is 3.53. The van der Waals surface area contributed by atoms with Crippen molar-refractivity contribution < 1.29 is 8.42 Å². The first kappa shape index (κ1) is 10.4. The molecule has 0 heterocycles. The molecule has 0 saturated heterocycles. The van der Waals surface area contributed by atoms with Crippen LogP contribution in [0, 0.1) is 6.92 Å². The van der Waals surface area contributed by atoms with Crippen molar-refractivity contribution in [2.45, 2.75) is 19.3 Å². The van der Waals surface area contributed by atoms with Crippen molar-refractivity contribution in [3.05, 3.63) is 41.0 Å². The van der Waals surface area contributed by atoms with Crippen LogP contribution in [-0.4, -0.2) is 14.2 Å². The molecule has 1 unspecified atom stereocenters. The van der Waals surface area contributed by atoms with Crippen LogP contribution in [0.25, 0.3) is 6.08 Å². The Balaban J connectivity index is 2.40. The van der Waals surface area contributed by atoms with Crippen molar-refractivity contribution in [1.82, 2.24) is 0 Å². The lowest BCUT2D eigenvalue weighted by Crippen LogP contribution is -2.09. The Bertz CT molecular complexity index is 465.